The molecule has 0 saturated carbocycles. The molecule has 2 amide bonds. The van der Waals surface area contributed by atoms with Crippen LogP contribution in [0.1, 0.15) is 76.5 Å². The second-order valence-corrected chi connectivity index (χ2v) is 12.0. The summed E-state index contributed by atoms with van der Waals surface area (Å²) in [5.41, 5.74) is 8.15. The van der Waals surface area contributed by atoms with E-state index in [4.69, 9.17) is 10.2 Å². The molecule has 4 N–H and O–H groups in total. The number of oxazole rings is 1. The number of hydrogen-bond acceptors (Lipinski definition) is 8. The van der Waals surface area contributed by atoms with Gasteiger partial charge in [-0.25, -0.2) is 9.97 Å². The van der Waals surface area contributed by atoms with Crippen molar-refractivity contribution in [3.05, 3.63) is 47.8 Å². The van der Waals surface area contributed by atoms with Gasteiger partial charge in [-0.15, -0.1) is 11.8 Å². The number of carbonyl (C=O) groups is 2. The highest BCUT2D eigenvalue weighted by atomic mass is 32.2. The van der Waals surface area contributed by atoms with Crippen LogP contribution >= 0.6 is 23.1 Å². The van der Waals surface area contributed by atoms with E-state index in [0.717, 1.165) is 41.2 Å². The summed E-state index contributed by atoms with van der Waals surface area (Å²) in [6, 6.07) is 5.58. The van der Waals surface area contributed by atoms with Crippen LogP contribution in [0.15, 0.2) is 39.2 Å². The van der Waals surface area contributed by atoms with Crippen molar-refractivity contribution in [2.45, 2.75) is 81.6 Å². The number of nitrogen functional groups attached to an aromatic ring is 1. The maximum atomic E-state index is 12.2. The Morgan fingerprint density at radius 2 is 1.72 bits per heavy atom. The van der Waals surface area contributed by atoms with Gasteiger partial charge >= 0.3 is 0 Å². The van der Waals surface area contributed by atoms with Crippen molar-refractivity contribution in [2.75, 3.05) is 16.4 Å². The summed E-state index contributed by atoms with van der Waals surface area (Å²) in [5, 5.41) is 6.32. The number of aromatic nitrogens is 2. The Morgan fingerprint density at radius 3 is 2.36 bits per heavy atom. The lowest BCUT2D eigenvalue weighted by molar-refractivity contribution is -0.117. The van der Waals surface area contributed by atoms with Gasteiger partial charge in [0.1, 0.15) is 5.76 Å². The van der Waals surface area contributed by atoms with Gasteiger partial charge in [0.2, 0.25) is 17.7 Å². The first-order chi connectivity index (χ1) is 17.1. The number of anilines is 3. The van der Waals surface area contributed by atoms with E-state index in [1.54, 1.807) is 24.2 Å². The Kier molecular flexibility index (Phi) is 9.95. The summed E-state index contributed by atoms with van der Waals surface area (Å²) in [4.78, 5) is 33.0. The number of hydrogen-bond donors (Lipinski definition) is 3. The molecule has 0 aliphatic carbocycles. The van der Waals surface area contributed by atoms with Gasteiger partial charge in [-0.05, 0) is 37.5 Å². The minimum Gasteiger partial charge on any atom is -0.444 e. The van der Waals surface area contributed by atoms with Crippen molar-refractivity contribution >= 4 is 51.4 Å². The molecule has 1 aromatic carbocycles. The van der Waals surface area contributed by atoms with Crippen LogP contribution in [-0.2, 0) is 20.8 Å². The topological polar surface area (TPSA) is 123 Å². The van der Waals surface area contributed by atoms with Gasteiger partial charge in [-0.2, -0.15) is 0 Å². The highest BCUT2D eigenvalue weighted by Crippen LogP contribution is 2.32. The van der Waals surface area contributed by atoms with E-state index in [9.17, 15) is 9.59 Å². The lowest BCUT2D eigenvalue weighted by Gasteiger charge is -2.12. The highest BCUT2D eigenvalue weighted by molar-refractivity contribution is 8.00. The summed E-state index contributed by atoms with van der Waals surface area (Å²) in [5.74, 6) is 2.07. The minimum atomic E-state index is -0.0663. The molecule has 0 spiro atoms. The number of aryl methyl sites for hydroxylation is 1. The molecule has 0 bridgehead atoms. The average molecular weight is 530 g/mol. The molecule has 194 valence electrons. The molecule has 3 rings (SSSR count). The number of carbonyl (C=O) groups excluding carboxylic acids is 2. The standard InChI is InChI=1S/C26H35N5O3S2/c1-17-11-12-19(18(27)13-17)30-21(32)9-7-5-6-8-10-22(33)31-25-29-15-24(36-25)35-16-23-28-14-20(34-23)26(2,3)4/h11-15H,5-10,16,27H2,1-4H3,(H,30,32)(H,29,31,33). The molecular formula is C26H35N5O3S2. The third-order valence-corrected chi connectivity index (χ3v) is 7.49. The van der Waals surface area contributed by atoms with Gasteiger partial charge in [0.05, 0.1) is 33.7 Å². The van der Waals surface area contributed by atoms with Crippen LogP contribution in [0.3, 0.4) is 0 Å². The van der Waals surface area contributed by atoms with Crippen molar-refractivity contribution in [1.82, 2.24) is 9.97 Å². The first-order valence-electron chi connectivity index (χ1n) is 12.1. The summed E-state index contributed by atoms with van der Waals surface area (Å²) < 4.78 is 6.81. The van der Waals surface area contributed by atoms with Gasteiger partial charge in [0.15, 0.2) is 5.13 Å². The molecule has 0 saturated heterocycles. The van der Waals surface area contributed by atoms with Crippen LogP contribution in [-0.4, -0.2) is 21.8 Å². The third-order valence-electron chi connectivity index (χ3n) is 5.40. The van der Waals surface area contributed by atoms with Gasteiger partial charge in [-0.1, -0.05) is 51.0 Å². The summed E-state index contributed by atoms with van der Waals surface area (Å²) in [6.07, 6.45) is 7.72. The van der Waals surface area contributed by atoms with Gasteiger partial charge in [-0.3, -0.25) is 9.59 Å². The third kappa shape index (κ3) is 8.98. The Hall–Kier alpha value is -2.85. The van der Waals surface area contributed by atoms with E-state index in [-0.39, 0.29) is 17.2 Å². The SMILES string of the molecule is Cc1ccc(NC(=O)CCCCCCC(=O)Nc2ncc(SCc3ncc(C(C)(C)C)o3)s2)c(N)c1. The van der Waals surface area contributed by atoms with Crippen molar-refractivity contribution in [1.29, 1.82) is 0 Å². The minimum absolute atomic E-state index is 0.0433. The van der Waals surface area contributed by atoms with Gasteiger partial charge in [0.25, 0.3) is 0 Å². The molecule has 2 aromatic heterocycles. The molecule has 0 fully saturated rings. The first kappa shape index (κ1) is 27.7. The van der Waals surface area contributed by atoms with Crippen molar-refractivity contribution in [3.8, 4) is 0 Å². The maximum absolute atomic E-state index is 12.2. The van der Waals surface area contributed by atoms with Crippen molar-refractivity contribution in [3.63, 3.8) is 0 Å². The second-order valence-electron chi connectivity index (χ2n) is 9.74. The van der Waals surface area contributed by atoms with E-state index in [0.29, 0.717) is 41.0 Å². The molecule has 0 unspecified atom stereocenters. The number of thiazole rings is 1. The lowest BCUT2D eigenvalue weighted by Crippen LogP contribution is -2.12. The molecule has 2 heterocycles. The molecule has 0 aliphatic heterocycles. The number of rotatable bonds is 12. The molecule has 36 heavy (non-hydrogen) atoms. The van der Waals surface area contributed by atoms with E-state index in [1.165, 1.54) is 11.3 Å². The summed E-state index contributed by atoms with van der Waals surface area (Å²) in [6.45, 7) is 8.22. The fraction of sp³-hybridized carbons (Fsp3) is 0.462. The molecule has 0 aliphatic rings. The van der Waals surface area contributed by atoms with Crippen molar-refractivity contribution < 1.29 is 14.0 Å². The van der Waals surface area contributed by atoms with Crippen LogP contribution in [0.2, 0.25) is 0 Å². The molecule has 3 aromatic rings. The summed E-state index contributed by atoms with van der Waals surface area (Å²) >= 11 is 3.03. The highest BCUT2D eigenvalue weighted by Gasteiger charge is 2.19. The number of nitrogens with zero attached hydrogens (tertiary/aromatic N) is 2. The zero-order valence-electron chi connectivity index (χ0n) is 21.3. The molecular weight excluding hydrogens is 494 g/mol. The van der Waals surface area contributed by atoms with Gasteiger partial charge in [0, 0.05) is 18.3 Å². The fourth-order valence-electron chi connectivity index (χ4n) is 3.36. The van der Waals surface area contributed by atoms with E-state index < -0.39 is 0 Å². The van der Waals surface area contributed by atoms with Crippen LogP contribution in [0.25, 0.3) is 0 Å². The predicted octanol–water partition coefficient (Wildman–Crippen LogP) is 6.53. The van der Waals surface area contributed by atoms with Crippen LogP contribution in [0.4, 0.5) is 16.5 Å². The van der Waals surface area contributed by atoms with Crippen molar-refractivity contribution in [2.24, 2.45) is 0 Å². The molecule has 0 radical (unpaired) electrons. The maximum Gasteiger partial charge on any atom is 0.226 e. The number of nitrogens with one attached hydrogen (secondary N) is 2. The molecule has 8 nitrogen and oxygen atoms in total. The van der Waals surface area contributed by atoms with E-state index in [1.807, 2.05) is 25.1 Å². The number of thioether (sulfide) groups is 1. The predicted molar refractivity (Wildman–Crippen MR) is 147 cm³/mol. The number of benzene rings is 1. The second kappa shape index (κ2) is 12.9. The quantitative estimate of drug-likeness (QED) is 0.138. The Balaban J connectivity index is 1.28. The van der Waals surface area contributed by atoms with E-state index >= 15 is 0 Å². The number of nitrogens with two attached hydrogens (primary N) is 1. The number of amides is 2. The van der Waals surface area contributed by atoms with Crippen LogP contribution in [0.5, 0.6) is 0 Å². The Labute approximate surface area is 220 Å². The monoisotopic (exact) mass is 529 g/mol. The number of unbranched alkanes of at least 4 members (excludes halogenated alkanes) is 3. The average Bonchev–Trinajstić information content (AvgIpc) is 3.46. The molecule has 0 atom stereocenters. The zero-order chi connectivity index (χ0) is 26.1. The summed E-state index contributed by atoms with van der Waals surface area (Å²) in [7, 11) is 0. The fourth-order valence-corrected chi connectivity index (χ4v) is 5.10. The normalized spacial score (nSPS) is 11.4. The van der Waals surface area contributed by atoms with Gasteiger partial charge < -0.3 is 20.8 Å². The zero-order valence-corrected chi connectivity index (χ0v) is 23.0. The Bertz CT molecular complexity index is 1170. The smallest absolute Gasteiger partial charge is 0.226 e. The Morgan fingerprint density at radius 1 is 1.03 bits per heavy atom. The van der Waals surface area contributed by atoms with E-state index in [2.05, 4.69) is 41.4 Å². The van der Waals surface area contributed by atoms with Crippen LogP contribution in [0, 0.1) is 6.92 Å². The lowest BCUT2D eigenvalue weighted by atomic mass is 9.94. The van der Waals surface area contributed by atoms with Crippen LogP contribution < -0.4 is 16.4 Å². The molecule has 10 heteroatoms. The largest absolute Gasteiger partial charge is 0.444 e. The first-order valence-corrected chi connectivity index (χ1v) is 13.9.